The second kappa shape index (κ2) is 13.1. The highest BCUT2D eigenvalue weighted by Crippen LogP contribution is 1.90. The first kappa shape index (κ1) is 17.7. The zero-order valence-electron chi connectivity index (χ0n) is 10.7. The Balaban J connectivity index is 3.05. The van der Waals surface area contributed by atoms with E-state index in [0.29, 0.717) is 46.2 Å². The van der Waals surface area contributed by atoms with E-state index < -0.39 is 6.10 Å². The summed E-state index contributed by atoms with van der Waals surface area (Å²) in [7, 11) is 0. The van der Waals surface area contributed by atoms with Crippen LogP contribution in [0.4, 0.5) is 0 Å². The van der Waals surface area contributed by atoms with Gasteiger partial charge in [-0.3, -0.25) is 0 Å². The van der Waals surface area contributed by atoms with Crippen molar-refractivity contribution < 1.29 is 29.2 Å². The lowest BCUT2D eigenvalue weighted by atomic mass is 10.4. The van der Waals surface area contributed by atoms with Crippen molar-refractivity contribution in [3.63, 3.8) is 0 Å². The molecule has 6 nitrogen and oxygen atoms in total. The van der Waals surface area contributed by atoms with E-state index in [4.69, 9.17) is 41.4 Å². The molecule has 0 bridgehead atoms. The summed E-state index contributed by atoms with van der Waals surface area (Å²) >= 11 is 4.76. The molecular formula is C11H22O6S. The third-order valence-electron chi connectivity index (χ3n) is 1.79. The number of aliphatic hydroxyl groups is 2. The first-order chi connectivity index (χ1) is 8.68. The number of hydrogen-bond donors (Lipinski definition) is 2. The topological polar surface area (TPSA) is 77.4 Å². The number of thiocarbonyl (C=S) groups is 1. The molecular weight excluding hydrogens is 260 g/mol. The summed E-state index contributed by atoms with van der Waals surface area (Å²) in [4.78, 5) is 0. The van der Waals surface area contributed by atoms with Gasteiger partial charge in [-0.2, -0.15) is 0 Å². The molecule has 18 heavy (non-hydrogen) atoms. The number of aliphatic hydroxyl groups excluding tert-OH is 2. The molecule has 0 fully saturated rings. The monoisotopic (exact) mass is 282 g/mol. The smallest absolute Gasteiger partial charge is 0.188 e. The van der Waals surface area contributed by atoms with E-state index in [2.05, 4.69) is 0 Å². The van der Waals surface area contributed by atoms with Gasteiger partial charge >= 0.3 is 0 Å². The number of rotatable bonds is 12. The molecule has 1 atom stereocenters. The minimum Gasteiger partial charge on any atom is -0.482 e. The van der Waals surface area contributed by atoms with Crippen molar-refractivity contribution in [1.82, 2.24) is 0 Å². The highest BCUT2D eigenvalue weighted by molar-refractivity contribution is 7.80. The van der Waals surface area contributed by atoms with Crippen LogP contribution in [0.5, 0.6) is 0 Å². The van der Waals surface area contributed by atoms with Crippen LogP contribution in [0.25, 0.3) is 0 Å². The van der Waals surface area contributed by atoms with Crippen LogP contribution in [0.3, 0.4) is 0 Å². The number of ether oxygens (including phenoxy) is 4. The fourth-order valence-corrected chi connectivity index (χ4v) is 1.01. The van der Waals surface area contributed by atoms with Gasteiger partial charge in [0.05, 0.1) is 46.2 Å². The molecule has 0 amide bonds. The maximum absolute atomic E-state index is 9.03. The summed E-state index contributed by atoms with van der Waals surface area (Å²) < 4.78 is 20.5. The van der Waals surface area contributed by atoms with E-state index in [-0.39, 0.29) is 11.7 Å². The maximum atomic E-state index is 9.03. The minimum absolute atomic E-state index is 0.0252. The average Bonchev–Trinajstić information content (AvgIpc) is 2.35. The van der Waals surface area contributed by atoms with Crippen molar-refractivity contribution in [1.29, 1.82) is 0 Å². The Labute approximate surface area is 113 Å². The lowest BCUT2D eigenvalue weighted by molar-refractivity contribution is 0.00261. The average molecular weight is 282 g/mol. The quantitative estimate of drug-likeness (QED) is 0.377. The zero-order chi connectivity index (χ0) is 13.6. The van der Waals surface area contributed by atoms with Crippen molar-refractivity contribution in [2.24, 2.45) is 0 Å². The molecule has 0 aliphatic heterocycles. The van der Waals surface area contributed by atoms with E-state index >= 15 is 0 Å². The van der Waals surface area contributed by atoms with Crippen molar-refractivity contribution >= 4 is 17.3 Å². The van der Waals surface area contributed by atoms with E-state index in [9.17, 15) is 0 Å². The third-order valence-corrected chi connectivity index (χ3v) is 2.25. The summed E-state index contributed by atoms with van der Waals surface area (Å²) in [5, 5.41) is 17.6. The Bertz CT molecular complexity index is 200. The molecule has 2 N–H and O–H groups in total. The summed E-state index contributed by atoms with van der Waals surface area (Å²) in [5.74, 6) is 0. The highest BCUT2D eigenvalue weighted by atomic mass is 32.1. The van der Waals surface area contributed by atoms with Crippen LogP contribution < -0.4 is 0 Å². The molecule has 0 saturated carbocycles. The predicted molar refractivity (Wildman–Crippen MR) is 69.8 cm³/mol. The highest BCUT2D eigenvalue weighted by Gasteiger charge is 2.04. The van der Waals surface area contributed by atoms with Crippen LogP contribution >= 0.6 is 12.2 Å². The summed E-state index contributed by atoms with van der Waals surface area (Å²) in [6, 6.07) is 0. The molecule has 0 aliphatic rings. The van der Waals surface area contributed by atoms with Crippen LogP contribution in [0, 0.1) is 0 Å². The largest absolute Gasteiger partial charge is 0.482 e. The van der Waals surface area contributed by atoms with Crippen LogP contribution in [0.1, 0.15) is 6.92 Å². The Morgan fingerprint density at radius 2 is 1.39 bits per heavy atom. The van der Waals surface area contributed by atoms with Gasteiger partial charge in [-0.15, -0.1) is 0 Å². The van der Waals surface area contributed by atoms with Crippen LogP contribution in [0.2, 0.25) is 0 Å². The van der Waals surface area contributed by atoms with Gasteiger partial charge in [-0.25, -0.2) is 0 Å². The Kier molecular flexibility index (Phi) is 12.9. The lowest BCUT2D eigenvalue weighted by Crippen LogP contribution is -2.20. The molecule has 0 aliphatic carbocycles. The van der Waals surface area contributed by atoms with Crippen LogP contribution in [-0.2, 0) is 18.9 Å². The van der Waals surface area contributed by atoms with E-state index in [1.54, 1.807) is 6.92 Å². The van der Waals surface area contributed by atoms with Crippen LogP contribution in [0.15, 0.2) is 0 Å². The molecule has 0 rings (SSSR count). The Morgan fingerprint density at radius 3 is 1.83 bits per heavy atom. The van der Waals surface area contributed by atoms with Crippen molar-refractivity contribution in [3.05, 3.63) is 0 Å². The van der Waals surface area contributed by atoms with Crippen molar-refractivity contribution in [2.75, 3.05) is 52.9 Å². The van der Waals surface area contributed by atoms with Gasteiger partial charge < -0.3 is 29.2 Å². The molecule has 0 aromatic heterocycles. The van der Waals surface area contributed by atoms with Gasteiger partial charge in [0, 0.05) is 0 Å². The minimum atomic E-state index is -0.734. The second-order valence-corrected chi connectivity index (χ2v) is 3.81. The van der Waals surface area contributed by atoms with Crippen LogP contribution in [-0.4, -0.2) is 74.2 Å². The van der Waals surface area contributed by atoms with E-state index in [1.807, 2.05) is 0 Å². The number of hydrogen-bond acceptors (Lipinski definition) is 7. The van der Waals surface area contributed by atoms with Gasteiger partial charge in [0.2, 0.25) is 0 Å². The predicted octanol–water partition coefficient (Wildman–Crippen LogP) is -0.247. The molecule has 0 heterocycles. The first-order valence-electron chi connectivity index (χ1n) is 5.87. The lowest BCUT2D eigenvalue weighted by Gasteiger charge is -2.10. The van der Waals surface area contributed by atoms with Gasteiger partial charge in [0.25, 0.3) is 0 Å². The third kappa shape index (κ3) is 12.2. The van der Waals surface area contributed by atoms with E-state index in [1.165, 1.54) is 0 Å². The Morgan fingerprint density at radius 1 is 0.944 bits per heavy atom. The SMILES string of the molecule is CC(O)C(=S)OCCOCCOCCOCCO. The molecule has 0 aromatic carbocycles. The maximum Gasteiger partial charge on any atom is 0.188 e. The fraction of sp³-hybridized carbons (Fsp3) is 0.909. The molecule has 108 valence electrons. The first-order valence-corrected chi connectivity index (χ1v) is 6.28. The molecule has 1 unspecified atom stereocenters. The van der Waals surface area contributed by atoms with Crippen molar-refractivity contribution in [3.8, 4) is 0 Å². The van der Waals surface area contributed by atoms with Gasteiger partial charge in [0.15, 0.2) is 5.05 Å². The van der Waals surface area contributed by atoms with E-state index in [0.717, 1.165) is 0 Å². The zero-order valence-corrected chi connectivity index (χ0v) is 11.5. The molecule has 7 heteroatoms. The van der Waals surface area contributed by atoms with Gasteiger partial charge in [0.1, 0.15) is 12.7 Å². The molecule has 0 saturated heterocycles. The molecule has 0 spiro atoms. The van der Waals surface area contributed by atoms with Gasteiger partial charge in [-0.1, -0.05) is 0 Å². The summed E-state index contributed by atoms with van der Waals surface area (Å²) in [5.41, 5.74) is 0. The second-order valence-electron chi connectivity index (χ2n) is 3.40. The molecule has 0 radical (unpaired) electrons. The molecule has 0 aromatic rings. The summed E-state index contributed by atoms with van der Waals surface area (Å²) in [6.07, 6.45) is -0.734. The standard InChI is InChI=1S/C11H22O6S/c1-10(13)11(18)17-9-8-16-7-6-15-5-4-14-3-2-12/h10,12-13H,2-9H2,1H3. The van der Waals surface area contributed by atoms with Crippen molar-refractivity contribution in [2.45, 2.75) is 13.0 Å². The normalized spacial score (nSPS) is 12.4. The fourth-order valence-electron chi connectivity index (χ4n) is 0.928. The Hall–Kier alpha value is -0.310. The summed E-state index contributed by atoms with van der Waals surface area (Å²) in [6.45, 7) is 4.51. The van der Waals surface area contributed by atoms with Gasteiger partial charge in [-0.05, 0) is 19.1 Å².